The number of hydrogen-bond donors (Lipinski definition) is 0. The van der Waals surface area contributed by atoms with Gasteiger partial charge in [0, 0.05) is 13.5 Å². The van der Waals surface area contributed by atoms with Crippen molar-refractivity contribution in [2.45, 2.75) is 77.4 Å². The summed E-state index contributed by atoms with van der Waals surface area (Å²) < 4.78 is 22.2. The number of carbonyl (C=O) groups excluding carboxylic acids is 1. The van der Waals surface area contributed by atoms with Crippen molar-refractivity contribution in [3.8, 4) is 0 Å². The summed E-state index contributed by atoms with van der Waals surface area (Å²) in [6.45, 7) is 11.3. The standard InChI is InChI=1S/C18H36O5/c1-6-17(7-2,10-12-21-16-19)22-13-11-18(8-3,9-4)23-15-14-20-5/h16H,6-15H2,1-5H3. The minimum Gasteiger partial charge on any atom is -0.468 e. The maximum atomic E-state index is 10.3. The van der Waals surface area contributed by atoms with E-state index in [1.807, 2.05) is 0 Å². The maximum absolute atomic E-state index is 10.3. The van der Waals surface area contributed by atoms with Crippen LogP contribution in [0.1, 0.15) is 66.2 Å². The third kappa shape index (κ3) is 8.13. The highest BCUT2D eigenvalue weighted by molar-refractivity contribution is 5.36. The lowest BCUT2D eigenvalue weighted by Crippen LogP contribution is -2.38. The molecule has 0 spiro atoms. The van der Waals surface area contributed by atoms with E-state index in [4.69, 9.17) is 18.9 Å². The number of ether oxygens (including phenoxy) is 4. The van der Waals surface area contributed by atoms with Crippen LogP contribution in [0.5, 0.6) is 0 Å². The molecule has 0 aromatic heterocycles. The summed E-state index contributed by atoms with van der Waals surface area (Å²) in [7, 11) is 1.68. The van der Waals surface area contributed by atoms with Crippen molar-refractivity contribution >= 4 is 6.47 Å². The molecule has 0 heterocycles. The molecular formula is C18H36O5. The minimum absolute atomic E-state index is 0.148. The van der Waals surface area contributed by atoms with Crippen molar-refractivity contribution in [2.24, 2.45) is 0 Å². The lowest BCUT2D eigenvalue weighted by atomic mass is 9.91. The molecule has 0 N–H and O–H groups in total. The van der Waals surface area contributed by atoms with Crippen LogP contribution in [-0.4, -0.2) is 51.2 Å². The molecule has 5 nitrogen and oxygen atoms in total. The van der Waals surface area contributed by atoms with Gasteiger partial charge in [0.05, 0.1) is 37.6 Å². The van der Waals surface area contributed by atoms with E-state index in [9.17, 15) is 4.79 Å². The predicted molar refractivity (Wildman–Crippen MR) is 91.7 cm³/mol. The van der Waals surface area contributed by atoms with E-state index in [1.165, 1.54) is 0 Å². The smallest absolute Gasteiger partial charge is 0.293 e. The molecule has 0 aromatic rings. The highest BCUT2D eigenvalue weighted by Gasteiger charge is 2.31. The topological polar surface area (TPSA) is 54.0 Å². The highest BCUT2D eigenvalue weighted by Crippen LogP contribution is 2.29. The Morgan fingerprint density at radius 3 is 1.65 bits per heavy atom. The molecule has 0 radical (unpaired) electrons. The molecule has 0 saturated heterocycles. The Kier molecular flexibility index (Phi) is 12.4. The number of rotatable bonds is 16. The van der Waals surface area contributed by atoms with Crippen LogP contribution in [-0.2, 0) is 23.7 Å². The van der Waals surface area contributed by atoms with Gasteiger partial charge in [0.2, 0.25) is 0 Å². The van der Waals surface area contributed by atoms with Crippen molar-refractivity contribution < 1.29 is 23.7 Å². The Balaban J connectivity index is 4.52. The lowest BCUT2D eigenvalue weighted by molar-refractivity contribution is -0.134. The Morgan fingerprint density at radius 1 is 0.739 bits per heavy atom. The second-order valence-electron chi connectivity index (χ2n) is 5.94. The molecule has 0 amide bonds. The van der Waals surface area contributed by atoms with Gasteiger partial charge in [0.15, 0.2) is 0 Å². The molecule has 0 aliphatic carbocycles. The maximum Gasteiger partial charge on any atom is 0.293 e. The quantitative estimate of drug-likeness (QED) is 0.318. The van der Waals surface area contributed by atoms with Crippen molar-refractivity contribution in [1.82, 2.24) is 0 Å². The summed E-state index contributed by atoms with van der Waals surface area (Å²) in [5.41, 5.74) is -0.367. The number of hydrogen-bond acceptors (Lipinski definition) is 5. The summed E-state index contributed by atoms with van der Waals surface area (Å²) in [5.74, 6) is 0. The number of methoxy groups -OCH3 is 1. The van der Waals surface area contributed by atoms with Crippen LogP contribution in [0.15, 0.2) is 0 Å². The molecule has 0 aromatic carbocycles. The van der Waals surface area contributed by atoms with E-state index >= 15 is 0 Å². The van der Waals surface area contributed by atoms with Crippen molar-refractivity contribution in [1.29, 1.82) is 0 Å². The van der Waals surface area contributed by atoms with Gasteiger partial charge in [0.25, 0.3) is 6.47 Å². The Bertz CT molecular complexity index is 285. The van der Waals surface area contributed by atoms with Crippen LogP contribution in [0.25, 0.3) is 0 Å². The zero-order valence-electron chi connectivity index (χ0n) is 15.7. The zero-order chi connectivity index (χ0) is 17.6. The van der Waals surface area contributed by atoms with Crippen LogP contribution < -0.4 is 0 Å². The fourth-order valence-corrected chi connectivity index (χ4v) is 2.85. The number of carbonyl (C=O) groups is 1. The van der Waals surface area contributed by atoms with Crippen LogP contribution in [0, 0.1) is 0 Å². The van der Waals surface area contributed by atoms with Gasteiger partial charge in [-0.1, -0.05) is 27.7 Å². The molecular weight excluding hydrogens is 296 g/mol. The molecule has 0 rings (SSSR count). The third-order valence-corrected chi connectivity index (χ3v) is 4.98. The molecule has 0 fully saturated rings. The molecule has 138 valence electrons. The summed E-state index contributed by atoms with van der Waals surface area (Å²) in [4.78, 5) is 10.3. The minimum atomic E-state index is -0.219. The zero-order valence-corrected chi connectivity index (χ0v) is 15.7. The monoisotopic (exact) mass is 332 g/mol. The van der Waals surface area contributed by atoms with E-state index in [0.29, 0.717) is 32.9 Å². The average molecular weight is 332 g/mol. The van der Waals surface area contributed by atoms with Crippen LogP contribution in [0.3, 0.4) is 0 Å². The SMILES string of the molecule is CCC(CC)(CCOC=O)OCCC(CC)(CC)OCCOC. The molecule has 0 unspecified atom stereocenters. The van der Waals surface area contributed by atoms with E-state index < -0.39 is 0 Å². The summed E-state index contributed by atoms with van der Waals surface area (Å²) in [6.07, 6.45) is 5.31. The summed E-state index contributed by atoms with van der Waals surface area (Å²) in [5, 5.41) is 0. The average Bonchev–Trinajstić information content (AvgIpc) is 2.59. The largest absolute Gasteiger partial charge is 0.468 e. The second kappa shape index (κ2) is 12.7. The van der Waals surface area contributed by atoms with Gasteiger partial charge >= 0.3 is 0 Å². The predicted octanol–water partition coefficient (Wildman–Crippen LogP) is 3.74. The molecule has 0 atom stereocenters. The van der Waals surface area contributed by atoms with E-state index in [1.54, 1.807) is 7.11 Å². The van der Waals surface area contributed by atoms with Crippen LogP contribution in [0.4, 0.5) is 0 Å². The molecule has 0 aliphatic heterocycles. The van der Waals surface area contributed by atoms with E-state index in [-0.39, 0.29) is 11.2 Å². The first kappa shape index (κ1) is 22.4. The van der Waals surface area contributed by atoms with Crippen LogP contribution in [0.2, 0.25) is 0 Å². The lowest BCUT2D eigenvalue weighted by Gasteiger charge is -2.36. The van der Waals surface area contributed by atoms with Gasteiger partial charge < -0.3 is 18.9 Å². The molecule has 0 saturated carbocycles. The van der Waals surface area contributed by atoms with Gasteiger partial charge in [-0.15, -0.1) is 0 Å². The molecule has 0 bridgehead atoms. The van der Waals surface area contributed by atoms with Gasteiger partial charge in [-0.3, -0.25) is 4.79 Å². The highest BCUT2D eigenvalue weighted by atomic mass is 16.5. The van der Waals surface area contributed by atoms with Crippen molar-refractivity contribution in [3.05, 3.63) is 0 Å². The fraction of sp³-hybridized carbons (Fsp3) is 0.944. The van der Waals surface area contributed by atoms with E-state index in [0.717, 1.165) is 38.5 Å². The first-order valence-electron chi connectivity index (χ1n) is 8.89. The third-order valence-electron chi connectivity index (χ3n) is 4.98. The van der Waals surface area contributed by atoms with Gasteiger partial charge in [-0.2, -0.15) is 0 Å². The van der Waals surface area contributed by atoms with Crippen molar-refractivity contribution in [2.75, 3.05) is 33.5 Å². The first-order valence-corrected chi connectivity index (χ1v) is 8.89. The van der Waals surface area contributed by atoms with Gasteiger partial charge in [-0.25, -0.2) is 0 Å². The normalized spacial score (nSPS) is 12.4. The van der Waals surface area contributed by atoms with Gasteiger partial charge in [-0.05, 0) is 32.1 Å². The Labute approximate surface area is 142 Å². The van der Waals surface area contributed by atoms with Crippen molar-refractivity contribution in [3.63, 3.8) is 0 Å². The molecule has 5 heteroatoms. The Morgan fingerprint density at radius 2 is 1.22 bits per heavy atom. The summed E-state index contributed by atoms with van der Waals surface area (Å²) in [6, 6.07) is 0. The fourth-order valence-electron chi connectivity index (χ4n) is 2.85. The first-order chi connectivity index (χ1) is 11.1. The van der Waals surface area contributed by atoms with Crippen LogP contribution >= 0.6 is 0 Å². The Hall–Kier alpha value is -0.650. The summed E-state index contributed by atoms with van der Waals surface area (Å²) >= 11 is 0. The molecule has 0 aliphatic rings. The van der Waals surface area contributed by atoms with Gasteiger partial charge in [0.1, 0.15) is 0 Å². The molecule has 23 heavy (non-hydrogen) atoms. The van der Waals surface area contributed by atoms with E-state index in [2.05, 4.69) is 27.7 Å². The second-order valence-corrected chi connectivity index (χ2v) is 5.94.